The van der Waals surface area contributed by atoms with Crippen molar-refractivity contribution in [2.75, 3.05) is 38.3 Å². The van der Waals surface area contributed by atoms with Crippen molar-refractivity contribution in [2.45, 2.75) is 32.4 Å². The molecule has 0 saturated carbocycles. The second-order valence-electron chi connectivity index (χ2n) is 7.00. The molecular weight excluding hydrogens is 318 g/mol. The van der Waals surface area contributed by atoms with Gasteiger partial charge >= 0.3 is 0 Å². The van der Waals surface area contributed by atoms with Gasteiger partial charge in [-0.05, 0) is 38.5 Å². The summed E-state index contributed by atoms with van der Waals surface area (Å²) in [5.41, 5.74) is 3.69. The molecule has 2 aliphatic heterocycles. The van der Waals surface area contributed by atoms with Crippen molar-refractivity contribution in [3.8, 4) is 5.88 Å². The van der Waals surface area contributed by atoms with Crippen molar-refractivity contribution in [2.24, 2.45) is 4.99 Å². The molecule has 1 saturated heterocycles. The molecule has 1 atom stereocenters. The normalized spacial score (nSPS) is 21.1. The molecule has 0 spiro atoms. The Morgan fingerprint density at radius 3 is 2.84 bits per heavy atom. The highest BCUT2D eigenvalue weighted by molar-refractivity contribution is 6.14. The number of hydrogen-bond acceptors (Lipinski definition) is 5. The van der Waals surface area contributed by atoms with Crippen LogP contribution >= 0.6 is 0 Å². The minimum Gasteiger partial charge on any atom is -0.494 e. The van der Waals surface area contributed by atoms with Gasteiger partial charge in [-0.15, -0.1) is 0 Å². The standard InChI is InChI=1S/C19H25N3O3/c1-12(2)21-13-3-4-17-15(9-13)18(16-11-25-8-6-20-16)19(23)22(17)14-5-7-24-10-14/h3-4,9,12,14,21,23H,5-8,10-11H2,1-2H3. The van der Waals surface area contributed by atoms with E-state index in [1.165, 1.54) is 0 Å². The van der Waals surface area contributed by atoms with E-state index in [4.69, 9.17) is 9.47 Å². The van der Waals surface area contributed by atoms with Crippen molar-refractivity contribution < 1.29 is 14.6 Å². The Morgan fingerprint density at radius 1 is 1.28 bits per heavy atom. The molecule has 1 fully saturated rings. The lowest BCUT2D eigenvalue weighted by molar-refractivity contribution is 0.171. The number of nitrogens with one attached hydrogen (secondary N) is 1. The predicted molar refractivity (Wildman–Crippen MR) is 99.1 cm³/mol. The molecule has 2 aliphatic rings. The number of anilines is 1. The first kappa shape index (κ1) is 16.4. The van der Waals surface area contributed by atoms with Crippen molar-refractivity contribution in [1.82, 2.24) is 4.57 Å². The number of aromatic nitrogens is 1. The molecule has 3 heterocycles. The van der Waals surface area contributed by atoms with Gasteiger partial charge in [0.1, 0.15) is 0 Å². The van der Waals surface area contributed by atoms with Crippen LogP contribution in [0.5, 0.6) is 5.88 Å². The zero-order valence-corrected chi connectivity index (χ0v) is 14.8. The molecule has 6 heteroatoms. The van der Waals surface area contributed by atoms with Crippen LogP contribution in [0.25, 0.3) is 10.9 Å². The van der Waals surface area contributed by atoms with E-state index in [2.05, 4.69) is 42.4 Å². The molecule has 4 rings (SSSR count). The Labute approximate surface area is 147 Å². The molecule has 134 valence electrons. The van der Waals surface area contributed by atoms with Crippen LogP contribution in [0, 0.1) is 0 Å². The van der Waals surface area contributed by atoms with Crippen LogP contribution in [-0.4, -0.2) is 54.4 Å². The Balaban J connectivity index is 1.90. The number of nitrogens with zero attached hydrogens (tertiary/aromatic N) is 2. The van der Waals surface area contributed by atoms with Gasteiger partial charge in [-0.25, -0.2) is 0 Å². The second kappa shape index (κ2) is 6.69. The van der Waals surface area contributed by atoms with Crippen LogP contribution in [0.4, 0.5) is 5.69 Å². The topological polar surface area (TPSA) is 68.0 Å². The van der Waals surface area contributed by atoms with E-state index >= 15 is 0 Å². The van der Waals surface area contributed by atoms with Crippen LogP contribution in [0.2, 0.25) is 0 Å². The van der Waals surface area contributed by atoms with E-state index in [1.54, 1.807) is 0 Å². The molecule has 25 heavy (non-hydrogen) atoms. The van der Waals surface area contributed by atoms with Gasteiger partial charge in [-0.2, -0.15) is 0 Å². The number of ether oxygens (including phenoxy) is 2. The molecule has 6 nitrogen and oxygen atoms in total. The Morgan fingerprint density at radius 2 is 2.16 bits per heavy atom. The first-order valence-corrected chi connectivity index (χ1v) is 8.98. The molecule has 1 unspecified atom stereocenters. The Hall–Kier alpha value is -2.05. The molecule has 1 aromatic heterocycles. The smallest absolute Gasteiger partial charge is 0.201 e. The quantitative estimate of drug-likeness (QED) is 0.896. The number of fused-ring (bicyclic) bond motifs is 1. The fourth-order valence-electron chi connectivity index (χ4n) is 3.72. The van der Waals surface area contributed by atoms with Gasteiger partial charge in [0.25, 0.3) is 0 Å². The minimum absolute atomic E-state index is 0.158. The lowest BCUT2D eigenvalue weighted by Gasteiger charge is -2.15. The van der Waals surface area contributed by atoms with Crippen LogP contribution in [0.1, 0.15) is 31.9 Å². The van der Waals surface area contributed by atoms with Crippen LogP contribution < -0.4 is 5.32 Å². The summed E-state index contributed by atoms with van der Waals surface area (Å²) >= 11 is 0. The molecule has 0 aliphatic carbocycles. The molecule has 2 aromatic rings. The monoisotopic (exact) mass is 343 g/mol. The van der Waals surface area contributed by atoms with Crippen LogP contribution in [0.15, 0.2) is 23.2 Å². The molecule has 1 aromatic carbocycles. The van der Waals surface area contributed by atoms with Crippen molar-refractivity contribution >= 4 is 22.3 Å². The predicted octanol–water partition coefficient (Wildman–Crippen LogP) is 2.95. The third kappa shape index (κ3) is 3.00. The average Bonchev–Trinajstić information content (AvgIpc) is 3.20. The van der Waals surface area contributed by atoms with Crippen LogP contribution in [0.3, 0.4) is 0 Å². The Kier molecular flexibility index (Phi) is 4.39. The van der Waals surface area contributed by atoms with Crippen molar-refractivity contribution in [3.05, 3.63) is 23.8 Å². The third-order valence-corrected chi connectivity index (χ3v) is 4.77. The van der Waals surface area contributed by atoms with Crippen molar-refractivity contribution in [1.29, 1.82) is 0 Å². The summed E-state index contributed by atoms with van der Waals surface area (Å²) in [6.07, 6.45) is 0.908. The largest absolute Gasteiger partial charge is 0.494 e. The number of benzene rings is 1. The van der Waals surface area contributed by atoms with E-state index < -0.39 is 0 Å². The van der Waals surface area contributed by atoms with Gasteiger partial charge in [-0.3, -0.25) is 4.99 Å². The van der Waals surface area contributed by atoms with E-state index in [-0.39, 0.29) is 11.9 Å². The minimum atomic E-state index is 0.158. The summed E-state index contributed by atoms with van der Waals surface area (Å²) in [6, 6.07) is 6.75. The van der Waals surface area contributed by atoms with Crippen molar-refractivity contribution in [3.63, 3.8) is 0 Å². The number of rotatable bonds is 4. The summed E-state index contributed by atoms with van der Waals surface area (Å²) in [5, 5.41) is 15.5. The van der Waals surface area contributed by atoms with E-state index in [1.807, 2.05) is 4.57 Å². The lowest BCUT2D eigenvalue weighted by Crippen LogP contribution is -2.19. The summed E-state index contributed by atoms with van der Waals surface area (Å²) in [5.74, 6) is 0.274. The maximum absolute atomic E-state index is 11.0. The fourth-order valence-corrected chi connectivity index (χ4v) is 3.72. The van der Waals surface area contributed by atoms with Gasteiger partial charge in [-0.1, -0.05) is 0 Å². The van der Waals surface area contributed by atoms with E-state index in [0.29, 0.717) is 32.4 Å². The first-order chi connectivity index (χ1) is 12.1. The summed E-state index contributed by atoms with van der Waals surface area (Å²) in [7, 11) is 0. The lowest BCUT2D eigenvalue weighted by atomic mass is 10.1. The maximum Gasteiger partial charge on any atom is 0.201 e. The van der Waals surface area contributed by atoms with E-state index in [0.717, 1.165) is 40.9 Å². The van der Waals surface area contributed by atoms with Gasteiger partial charge in [0, 0.05) is 23.7 Å². The van der Waals surface area contributed by atoms with Gasteiger partial charge in [0.2, 0.25) is 5.88 Å². The molecular formula is C19H25N3O3. The Bertz CT molecular complexity index is 804. The highest BCUT2D eigenvalue weighted by Gasteiger charge is 2.28. The highest BCUT2D eigenvalue weighted by Crippen LogP contribution is 2.38. The number of aromatic hydroxyl groups is 1. The number of aliphatic imine (C=N–C) groups is 1. The zero-order valence-electron chi connectivity index (χ0n) is 14.8. The molecule has 0 amide bonds. The summed E-state index contributed by atoms with van der Waals surface area (Å²) in [4.78, 5) is 4.61. The molecule has 2 N–H and O–H groups in total. The zero-order chi connectivity index (χ0) is 17.4. The third-order valence-electron chi connectivity index (χ3n) is 4.77. The average molecular weight is 343 g/mol. The van der Waals surface area contributed by atoms with Crippen LogP contribution in [-0.2, 0) is 9.47 Å². The van der Waals surface area contributed by atoms with Gasteiger partial charge in [0.05, 0.1) is 49.2 Å². The summed E-state index contributed by atoms with van der Waals surface area (Å²) < 4.78 is 13.1. The SMILES string of the molecule is CC(C)Nc1ccc2c(c1)c(C1=NCCOC1)c(O)n2C1CCOC1. The highest BCUT2D eigenvalue weighted by atomic mass is 16.5. The fraction of sp³-hybridized carbons (Fsp3) is 0.526. The molecule has 0 radical (unpaired) electrons. The van der Waals surface area contributed by atoms with E-state index in [9.17, 15) is 5.11 Å². The van der Waals surface area contributed by atoms with Gasteiger partial charge in [0.15, 0.2) is 0 Å². The second-order valence-corrected chi connectivity index (χ2v) is 7.00. The molecule has 0 bridgehead atoms. The number of hydrogen-bond donors (Lipinski definition) is 2. The summed E-state index contributed by atoms with van der Waals surface area (Å²) in [6.45, 7) is 7.31. The van der Waals surface area contributed by atoms with Gasteiger partial charge < -0.3 is 24.5 Å². The maximum atomic E-state index is 11.0. The first-order valence-electron chi connectivity index (χ1n) is 8.98.